The minimum Gasteiger partial charge on any atom is -0.337 e. The van der Waals surface area contributed by atoms with E-state index in [-0.39, 0.29) is 0 Å². The summed E-state index contributed by atoms with van der Waals surface area (Å²) in [7, 11) is 1.82. The Kier molecular flexibility index (Phi) is 3.91. The number of hydrogen-bond acceptors (Lipinski definition) is 8. The van der Waals surface area contributed by atoms with Crippen LogP contribution in [0.15, 0.2) is 63.9 Å². The highest BCUT2D eigenvalue weighted by Crippen LogP contribution is 2.20. The summed E-state index contributed by atoms with van der Waals surface area (Å²) in [5.74, 6) is 1.47. The van der Waals surface area contributed by atoms with Crippen molar-refractivity contribution in [1.29, 1.82) is 0 Å². The molecule has 0 amide bonds. The van der Waals surface area contributed by atoms with Gasteiger partial charge in [0, 0.05) is 30.6 Å². The fourth-order valence-corrected chi connectivity index (χ4v) is 2.28. The molecule has 4 rings (SSSR count). The molecule has 0 aliphatic carbocycles. The second-order valence-electron chi connectivity index (χ2n) is 5.38. The van der Waals surface area contributed by atoms with Crippen LogP contribution in [0.4, 0.5) is 6.01 Å². The summed E-state index contributed by atoms with van der Waals surface area (Å²) in [4.78, 5) is 14.5. The molecule has 0 fully saturated rings. The van der Waals surface area contributed by atoms with Gasteiger partial charge >= 0.3 is 6.01 Å². The minimum absolute atomic E-state index is 0.351. The summed E-state index contributed by atoms with van der Waals surface area (Å²) in [6, 6.07) is 13.7. The van der Waals surface area contributed by atoms with Crippen LogP contribution in [0, 0.1) is 0 Å². The third-order valence-corrected chi connectivity index (χ3v) is 3.53. The van der Waals surface area contributed by atoms with Crippen molar-refractivity contribution in [1.82, 2.24) is 25.3 Å². The van der Waals surface area contributed by atoms with E-state index in [4.69, 9.17) is 9.05 Å². The molecule has 8 nitrogen and oxygen atoms in total. The maximum atomic E-state index is 5.31. The van der Waals surface area contributed by atoms with E-state index < -0.39 is 0 Å². The van der Waals surface area contributed by atoms with Gasteiger partial charge in [-0.25, -0.2) is 0 Å². The zero-order valence-corrected chi connectivity index (χ0v) is 13.4. The quantitative estimate of drug-likeness (QED) is 0.550. The van der Waals surface area contributed by atoms with Gasteiger partial charge in [0.15, 0.2) is 0 Å². The summed E-state index contributed by atoms with van der Waals surface area (Å²) < 4.78 is 10.6. The molecule has 8 heteroatoms. The first-order valence-electron chi connectivity index (χ1n) is 7.63. The van der Waals surface area contributed by atoms with Crippen molar-refractivity contribution in [2.75, 3.05) is 11.9 Å². The molecule has 0 bridgehead atoms. The molecular formula is C17H14N6O2. The smallest absolute Gasteiger partial charge is 0.324 e. The van der Waals surface area contributed by atoms with Crippen LogP contribution in [0.1, 0.15) is 5.89 Å². The number of pyridine rings is 1. The van der Waals surface area contributed by atoms with Crippen LogP contribution in [0.25, 0.3) is 22.8 Å². The number of anilines is 1. The van der Waals surface area contributed by atoms with E-state index in [9.17, 15) is 0 Å². The average Bonchev–Trinajstić information content (AvgIpc) is 3.33. The largest absolute Gasteiger partial charge is 0.337 e. The van der Waals surface area contributed by atoms with Crippen LogP contribution in [-0.4, -0.2) is 32.3 Å². The van der Waals surface area contributed by atoms with Gasteiger partial charge < -0.3 is 13.9 Å². The summed E-state index contributed by atoms with van der Waals surface area (Å²) in [5.41, 5.74) is 1.69. The van der Waals surface area contributed by atoms with Gasteiger partial charge in [0.25, 0.3) is 0 Å². The lowest BCUT2D eigenvalue weighted by molar-refractivity contribution is 0.369. The highest BCUT2D eigenvalue weighted by Gasteiger charge is 2.16. The van der Waals surface area contributed by atoms with Crippen molar-refractivity contribution in [2.24, 2.45) is 0 Å². The van der Waals surface area contributed by atoms with E-state index in [1.165, 1.54) is 0 Å². The number of aromatic nitrogens is 5. The molecular weight excluding hydrogens is 320 g/mol. The van der Waals surface area contributed by atoms with Gasteiger partial charge in [-0.15, -0.1) is 0 Å². The van der Waals surface area contributed by atoms with Crippen molar-refractivity contribution in [3.63, 3.8) is 0 Å². The first-order chi connectivity index (χ1) is 12.3. The van der Waals surface area contributed by atoms with Crippen molar-refractivity contribution < 1.29 is 9.05 Å². The third-order valence-electron chi connectivity index (χ3n) is 3.53. The second kappa shape index (κ2) is 6.52. The van der Waals surface area contributed by atoms with Crippen LogP contribution < -0.4 is 4.90 Å². The maximum Gasteiger partial charge on any atom is 0.324 e. The maximum absolute atomic E-state index is 5.31. The molecule has 0 N–H and O–H groups in total. The Morgan fingerprint density at radius 2 is 1.64 bits per heavy atom. The molecule has 0 atom stereocenters. The Hall–Kier alpha value is -3.55. The fourth-order valence-electron chi connectivity index (χ4n) is 2.28. The monoisotopic (exact) mass is 334 g/mol. The normalized spacial score (nSPS) is 10.8. The van der Waals surface area contributed by atoms with E-state index in [1.54, 1.807) is 17.3 Å². The van der Waals surface area contributed by atoms with Gasteiger partial charge in [-0.05, 0) is 12.1 Å². The van der Waals surface area contributed by atoms with Gasteiger partial charge in [0.2, 0.25) is 17.5 Å². The molecule has 0 aliphatic rings. The van der Waals surface area contributed by atoms with Crippen LogP contribution in [-0.2, 0) is 6.54 Å². The average molecular weight is 334 g/mol. The van der Waals surface area contributed by atoms with Gasteiger partial charge in [0.05, 0.1) is 0 Å². The van der Waals surface area contributed by atoms with Crippen molar-refractivity contribution >= 4 is 6.01 Å². The summed E-state index contributed by atoms with van der Waals surface area (Å²) in [5, 5.41) is 7.97. The van der Waals surface area contributed by atoms with Crippen LogP contribution in [0.2, 0.25) is 0 Å². The number of hydrogen-bond donors (Lipinski definition) is 0. The molecule has 3 aromatic heterocycles. The predicted molar refractivity (Wildman–Crippen MR) is 89.4 cm³/mol. The SMILES string of the molecule is CN(Cc1nc(-c2cccnc2)no1)c1nc(-c2ccccc2)no1. The fraction of sp³-hybridized carbons (Fsp3) is 0.118. The topological polar surface area (TPSA) is 94.0 Å². The van der Waals surface area contributed by atoms with Crippen molar-refractivity contribution in [2.45, 2.75) is 6.54 Å². The lowest BCUT2D eigenvalue weighted by Gasteiger charge is -2.09. The number of benzene rings is 1. The Morgan fingerprint density at radius 3 is 2.44 bits per heavy atom. The molecule has 0 unspecified atom stereocenters. The van der Waals surface area contributed by atoms with Gasteiger partial charge in [-0.2, -0.15) is 9.97 Å². The van der Waals surface area contributed by atoms with Crippen molar-refractivity contribution in [3.8, 4) is 22.8 Å². The standard InChI is InChI=1S/C17H14N6O2/c1-23(17-20-15(22-25-17)12-6-3-2-4-7-12)11-14-19-16(21-24-14)13-8-5-9-18-10-13/h2-10H,11H2,1H3. The summed E-state index contributed by atoms with van der Waals surface area (Å²) in [6.07, 6.45) is 3.38. The van der Waals surface area contributed by atoms with Gasteiger partial charge in [0.1, 0.15) is 6.54 Å². The molecule has 0 saturated heterocycles. The van der Waals surface area contributed by atoms with Crippen LogP contribution >= 0.6 is 0 Å². The Bertz CT molecular complexity index is 951. The first kappa shape index (κ1) is 15.0. The minimum atomic E-state index is 0.351. The second-order valence-corrected chi connectivity index (χ2v) is 5.38. The van der Waals surface area contributed by atoms with Crippen LogP contribution in [0.3, 0.4) is 0 Å². The van der Waals surface area contributed by atoms with Crippen LogP contribution in [0.5, 0.6) is 0 Å². The molecule has 0 radical (unpaired) electrons. The van der Waals surface area contributed by atoms with Crippen molar-refractivity contribution in [3.05, 3.63) is 60.7 Å². The van der Waals surface area contributed by atoms with E-state index in [1.807, 2.05) is 49.5 Å². The predicted octanol–water partition coefficient (Wildman–Crippen LogP) is 2.82. The van der Waals surface area contributed by atoms with E-state index in [0.29, 0.717) is 30.1 Å². The molecule has 0 spiro atoms. The Labute approximate surface area is 143 Å². The number of nitrogens with zero attached hydrogens (tertiary/aromatic N) is 6. The van der Waals surface area contributed by atoms with E-state index in [0.717, 1.165) is 11.1 Å². The molecule has 4 aromatic rings. The molecule has 1 aromatic carbocycles. The Morgan fingerprint density at radius 1 is 0.880 bits per heavy atom. The summed E-state index contributed by atoms with van der Waals surface area (Å²) in [6.45, 7) is 0.351. The zero-order chi connectivity index (χ0) is 17.1. The zero-order valence-electron chi connectivity index (χ0n) is 13.4. The third kappa shape index (κ3) is 3.23. The molecule has 0 aliphatic heterocycles. The molecule has 124 valence electrons. The van der Waals surface area contributed by atoms with E-state index >= 15 is 0 Å². The summed E-state index contributed by atoms with van der Waals surface area (Å²) >= 11 is 0. The Balaban J connectivity index is 1.49. The molecule has 3 heterocycles. The highest BCUT2D eigenvalue weighted by molar-refractivity contribution is 5.55. The molecule has 25 heavy (non-hydrogen) atoms. The van der Waals surface area contributed by atoms with E-state index in [2.05, 4.69) is 25.3 Å². The van der Waals surface area contributed by atoms with Gasteiger partial charge in [-0.1, -0.05) is 40.6 Å². The van der Waals surface area contributed by atoms with Gasteiger partial charge in [-0.3, -0.25) is 4.98 Å². The number of rotatable bonds is 5. The highest BCUT2D eigenvalue weighted by atomic mass is 16.5. The lowest BCUT2D eigenvalue weighted by Crippen LogP contribution is -2.16. The lowest BCUT2D eigenvalue weighted by atomic mass is 10.2. The molecule has 0 saturated carbocycles. The first-order valence-corrected chi connectivity index (χ1v) is 7.63.